The fraction of sp³-hybridized carbons (Fsp3) is 0.500. The van der Waals surface area contributed by atoms with Crippen LogP contribution in [0.5, 0.6) is 0 Å². The number of rotatable bonds is 2. The Labute approximate surface area is 99.9 Å². The van der Waals surface area contributed by atoms with Crippen molar-refractivity contribution in [3.8, 4) is 0 Å². The highest BCUT2D eigenvalue weighted by molar-refractivity contribution is 5.42. The summed E-state index contributed by atoms with van der Waals surface area (Å²) in [4.78, 5) is 12.1. The highest BCUT2D eigenvalue weighted by Gasteiger charge is 2.21. The highest BCUT2D eigenvalue weighted by Crippen LogP contribution is 2.18. The summed E-state index contributed by atoms with van der Waals surface area (Å²) in [7, 11) is 0. The molecule has 0 aromatic carbocycles. The first kappa shape index (κ1) is 11.9. The maximum absolute atomic E-state index is 12.1. The van der Waals surface area contributed by atoms with E-state index in [1.807, 2.05) is 0 Å². The van der Waals surface area contributed by atoms with E-state index < -0.39 is 0 Å². The molecule has 5 nitrogen and oxygen atoms in total. The third-order valence-corrected chi connectivity index (χ3v) is 3.04. The molecular weight excluding hydrogens is 216 g/mol. The molecule has 0 fully saturated rings. The van der Waals surface area contributed by atoms with E-state index in [0.29, 0.717) is 12.1 Å². The lowest BCUT2D eigenvalue weighted by Gasteiger charge is -2.27. The Kier molecular flexibility index (Phi) is 2.79. The molecule has 0 bridgehead atoms. The molecule has 2 aromatic rings. The van der Waals surface area contributed by atoms with Crippen molar-refractivity contribution in [1.29, 1.82) is 0 Å². The van der Waals surface area contributed by atoms with E-state index in [0.717, 1.165) is 0 Å². The molecule has 0 saturated heterocycles. The minimum absolute atomic E-state index is 0.0220. The van der Waals surface area contributed by atoms with Crippen molar-refractivity contribution in [2.75, 3.05) is 0 Å². The molecule has 0 aliphatic rings. The first-order chi connectivity index (χ1) is 7.89. The predicted molar refractivity (Wildman–Crippen MR) is 66.9 cm³/mol. The standard InChI is InChI=1S/C12H18N4O/c1-12(2,3)10(13)8-15-6-7-16-9(11(15)17)4-5-14-16/h4-7,10H,8,13H2,1-3H3. The third kappa shape index (κ3) is 2.24. The van der Waals surface area contributed by atoms with Crippen LogP contribution in [-0.2, 0) is 6.54 Å². The first-order valence-corrected chi connectivity index (χ1v) is 5.68. The molecule has 1 unspecified atom stereocenters. The van der Waals surface area contributed by atoms with Gasteiger partial charge in [-0.15, -0.1) is 0 Å². The molecule has 0 spiro atoms. The van der Waals surface area contributed by atoms with Crippen molar-refractivity contribution in [3.05, 3.63) is 35.0 Å². The molecule has 0 radical (unpaired) electrons. The lowest BCUT2D eigenvalue weighted by molar-refractivity contribution is 0.289. The van der Waals surface area contributed by atoms with Gasteiger partial charge in [0.25, 0.3) is 5.56 Å². The van der Waals surface area contributed by atoms with Crippen LogP contribution < -0.4 is 11.3 Å². The molecule has 1 atom stereocenters. The van der Waals surface area contributed by atoms with E-state index in [2.05, 4.69) is 25.9 Å². The predicted octanol–water partition coefficient (Wildman–Crippen LogP) is 0.869. The number of hydrogen-bond donors (Lipinski definition) is 1. The first-order valence-electron chi connectivity index (χ1n) is 5.68. The Morgan fingerprint density at radius 1 is 1.41 bits per heavy atom. The van der Waals surface area contributed by atoms with E-state index in [1.54, 1.807) is 33.7 Å². The van der Waals surface area contributed by atoms with Crippen LogP contribution in [0.1, 0.15) is 20.8 Å². The van der Waals surface area contributed by atoms with Crippen molar-refractivity contribution in [2.45, 2.75) is 33.4 Å². The van der Waals surface area contributed by atoms with Gasteiger partial charge in [-0.25, -0.2) is 4.52 Å². The molecule has 2 aromatic heterocycles. The van der Waals surface area contributed by atoms with E-state index in [-0.39, 0.29) is 17.0 Å². The second-order valence-corrected chi connectivity index (χ2v) is 5.39. The van der Waals surface area contributed by atoms with Gasteiger partial charge in [0.15, 0.2) is 0 Å². The zero-order valence-corrected chi connectivity index (χ0v) is 10.4. The van der Waals surface area contributed by atoms with Crippen LogP contribution in [0.3, 0.4) is 0 Å². The van der Waals surface area contributed by atoms with Gasteiger partial charge in [-0.2, -0.15) is 5.10 Å². The fourth-order valence-corrected chi connectivity index (χ4v) is 1.59. The molecule has 17 heavy (non-hydrogen) atoms. The average molecular weight is 234 g/mol. The molecule has 0 aliphatic heterocycles. The van der Waals surface area contributed by atoms with Crippen molar-refractivity contribution < 1.29 is 0 Å². The van der Waals surface area contributed by atoms with E-state index in [1.165, 1.54) is 0 Å². The summed E-state index contributed by atoms with van der Waals surface area (Å²) in [5.41, 5.74) is 6.59. The largest absolute Gasteiger partial charge is 0.326 e. The highest BCUT2D eigenvalue weighted by atomic mass is 16.1. The monoisotopic (exact) mass is 234 g/mol. The summed E-state index contributed by atoms with van der Waals surface area (Å²) in [5.74, 6) is 0. The van der Waals surface area contributed by atoms with E-state index in [4.69, 9.17) is 5.73 Å². The van der Waals surface area contributed by atoms with Gasteiger partial charge in [0, 0.05) is 25.0 Å². The summed E-state index contributed by atoms with van der Waals surface area (Å²) in [6.45, 7) is 6.73. The third-order valence-electron chi connectivity index (χ3n) is 3.04. The number of nitrogens with zero attached hydrogens (tertiary/aromatic N) is 3. The van der Waals surface area contributed by atoms with E-state index >= 15 is 0 Å². The fourth-order valence-electron chi connectivity index (χ4n) is 1.59. The lowest BCUT2D eigenvalue weighted by Crippen LogP contribution is -2.41. The Balaban J connectivity index is 2.37. The Morgan fingerprint density at radius 2 is 2.12 bits per heavy atom. The van der Waals surface area contributed by atoms with Crippen LogP contribution in [-0.4, -0.2) is 20.2 Å². The average Bonchev–Trinajstić information content (AvgIpc) is 2.69. The maximum Gasteiger partial charge on any atom is 0.276 e. The normalized spacial score (nSPS) is 14.1. The molecule has 2 N–H and O–H groups in total. The second-order valence-electron chi connectivity index (χ2n) is 5.39. The number of aromatic nitrogens is 3. The van der Waals surface area contributed by atoms with Crippen molar-refractivity contribution in [2.24, 2.45) is 11.1 Å². The maximum atomic E-state index is 12.1. The molecule has 5 heteroatoms. The van der Waals surface area contributed by atoms with Crippen molar-refractivity contribution >= 4 is 5.52 Å². The van der Waals surface area contributed by atoms with Crippen LogP contribution in [0.2, 0.25) is 0 Å². The molecule has 0 amide bonds. The summed E-state index contributed by atoms with van der Waals surface area (Å²) in [6.07, 6.45) is 5.12. The summed E-state index contributed by atoms with van der Waals surface area (Å²) < 4.78 is 3.22. The van der Waals surface area contributed by atoms with Gasteiger partial charge in [0.2, 0.25) is 0 Å². The van der Waals surface area contributed by atoms with Crippen LogP contribution in [0, 0.1) is 5.41 Å². The van der Waals surface area contributed by atoms with Gasteiger partial charge in [0.1, 0.15) is 5.52 Å². The van der Waals surface area contributed by atoms with Crippen molar-refractivity contribution in [1.82, 2.24) is 14.2 Å². The number of nitrogens with two attached hydrogens (primary N) is 1. The summed E-state index contributed by atoms with van der Waals surface area (Å²) in [5, 5.41) is 4.02. The van der Waals surface area contributed by atoms with Gasteiger partial charge in [-0.05, 0) is 11.5 Å². The van der Waals surface area contributed by atoms with Crippen LogP contribution in [0.25, 0.3) is 5.52 Å². The summed E-state index contributed by atoms with van der Waals surface area (Å²) >= 11 is 0. The lowest BCUT2D eigenvalue weighted by atomic mass is 9.87. The van der Waals surface area contributed by atoms with Crippen LogP contribution >= 0.6 is 0 Å². The second kappa shape index (κ2) is 4.00. The van der Waals surface area contributed by atoms with Gasteiger partial charge in [0.05, 0.1) is 6.20 Å². The molecular formula is C12H18N4O. The van der Waals surface area contributed by atoms with Gasteiger partial charge < -0.3 is 10.3 Å². The van der Waals surface area contributed by atoms with Gasteiger partial charge in [-0.3, -0.25) is 4.79 Å². The Hall–Kier alpha value is -1.62. The Bertz CT molecular complexity index is 576. The quantitative estimate of drug-likeness (QED) is 0.838. The zero-order chi connectivity index (χ0) is 12.6. The topological polar surface area (TPSA) is 65.3 Å². The molecule has 0 aliphatic carbocycles. The van der Waals surface area contributed by atoms with Gasteiger partial charge in [-0.1, -0.05) is 20.8 Å². The van der Waals surface area contributed by atoms with Gasteiger partial charge >= 0.3 is 0 Å². The summed E-state index contributed by atoms with van der Waals surface area (Å²) in [6, 6.07) is 1.65. The van der Waals surface area contributed by atoms with Crippen LogP contribution in [0.15, 0.2) is 29.5 Å². The van der Waals surface area contributed by atoms with E-state index in [9.17, 15) is 4.79 Å². The number of hydrogen-bond acceptors (Lipinski definition) is 3. The minimum atomic E-state index is -0.0643. The SMILES string of the molecule is CC(C)(C)C(N)Cn1ccn2nccc2c1=O. The number of fused-ring (bicyclic) bond motifs is 1. The zero-order valence-electron chi connectivity index (χ0n) is 10.4. The minimum Gasteiger partial charge on any atom is -0.326 e. The molecule has 0 saturated carbocycles. The van der Waals surface area contributed by atoms with Crippen molar-refractivity contribution in [3.63, 3.8) is 0 Å². The molecule has 92 valence electrons. The molecule has 2 heterocycles. The Morgan fingerprint density at radius 3 is 2.76 bits per heavy atom. The smallest absolute Gasteiger partial charge is 0.276 e. The van der Waals surface area contributed by atoms with Crippen LogP contribution in [0.4, 0.5) is 0 Å². The molecule has 2 rings (SSSR count).